The lowest BCUT2D eigenvalue weighted by Gasteiger charge is -2.25. The predicted octanol–water partition coefficient (Wildman–Crippen LogP) is 1.79. The highest BCUT2D eigenvalue weighted by atomic mass is 32.2. The second kappa shape index (κ2) is 6.26. The molecule has 7 nitrogen and oxygen atoms in total. The average molecular weight is 396 g/mol. The minimum Gasteiger partial charge on any atom is -0.497 e. The monoisotopic (exact) mass is 396 g/mol. The zero-order chi connectivity index (χ0) is 19.3. The van der Waals surface area contributed by atoms with E-state index in [-0.39, 0.29) is 15.8 Å². The van der Waals surface area contributed by atoms with E-state index in [1.807, 2.05) is 0 Å². The molecular weight excluding hydrogens is 376 g/mol. The number of nitrogens with two attached hydrogens (primary N) is 1. The van der Waals surface area contributed by atoms with Gasteiger partial charge in [0.25, 0.3) is 10.0 Å². The molecule has 0 fully saturated rings. The average Bonchev–Trinajstić information content (AvgIpc) is 2.89. The fourth-order valence-corrected chi connectivity index (χ4v) is 5.73. The number of primary sulfonamides is 1. The number of aryl methyl sites for hydroxylation is 1. The second-order valence-electron chi connectivity index (χ2n) is 6.32. The first kappa shape index (κ1) is 18.7. The van der Waals surface area contributed by atoms with Crippen LogP contribution in [0, 0.1) is 6.92 Å². The minimum atomic E-state index is -3.84. The SMILES string of the molecule is COc1ccc(S(=O)(=O)N2c3ccc(S(N)(=O)=O)cc3CC2C)c(C)c1. The molecule has 0 spiro atoms. The second-order valence-corrected chi connectivity index (χ2v) is 9.67. The number of fused-ring (bicyclic) bond motifs is 1. The molecule has 1 unspecified atom stereocenters. The topological polar surface area (TPSA) is 107 Å². The van der Waals surface area contributed by atoms with Gasteiger partial charge >= 0.3 is 0 Å². The number of hydrogen-bond acceptors (Lipinski definition) is 5. The van der Waals surface area contributed by atoms with Gasteiger partial charge in [0.15, 0.2) is 0 Å². The third-order valence-electron chi connectivity index (χ3n) is 4.45. The molecule has 0 bridgehead atoms. The van der Waals surface area contributed by atoms with Gasteiger partial charge in [-0.15, -0.1) is 0 Å². The molecule has 1 aliphatic heterocycles. The van der Waals surface area contributed by atoms with Crippen molar-refractivity contribution in [3.8, 4) is 5.75 Å². The van der Waals surface area contributed by atoms with Crippen LogP contribution in [0.4, 0.5) is 5.69 Å². The molecule has 0 saturated heterocycles. The standard InChI is InChI=1S/C17H20N2O5S2/c1-11-8-14(24-3)4-7-17(11)26(22,23)19-12(2)9-13-10-15(25(18,20)21)5-6-16(13)19/h4-8,10,12H,9H2,1-3H3,(H2,18,20,21). The van der Waals surface area contributed by atoms with Crippen molar-refractivity contribution in [3.05, 3.63) is 47.5 Å². The number of sulfonamides is 2. The van der Waals surface area contributed by atoms with E-state index in [9.17, 15) is 16.8 Å². The van der Waals surface area contributed by atoms with Crippen LogP contribution in [-0.2, 0) is 26.5 Å². The van der Waals surface area contributed by atoms with Gasteiger partial charge in [0, 0.05) is 6.04 Å². The van der Waals surface area contributed by atoms with Crippen LogP contribution in [0.15, 0.2) is 46.2 Å². The quantitative estimate of drug-likeness (QED) is 0.848. The molecule has 2 aromatic carbocycles. The molecule has 26 heavy (non-hydrogen) atoms. The Labute approximate surface area is 153 Å². The van der Waals surface area contributed by atoms with Crippen LogP contribution in [0.25, 0.3) is 0 Å². The van der Waals surface area contributed by atoms with Gasteiger partial charge in [0.2, 0.25) is 10.0 Å². The maximum Gasteiger partial charge on any atom is 0.264 e. The summed E-state index contributed by atoms with van der Waals surface area (Å²) in [7, 11) is -6.13. The van der Waals surface area contributed by atoms with Crippen LogP contribution in [0.5, 0.6) is 5.75 Å². The maximum absolute atomic E-state index is 13.3. The van der Waals surface area contributed by atoms with Crippen molar-refractivity contribution in [2.75, 3.05) is 11.4 Å². The number of rotatable bonds is 4. The molecule has 1 heterocycles. The first-order valence-electron chi connectivity index (χ1n) is 7.90. The normalized spacial score (nSPS) is 17.2. The molecule has 0 amide bonds. The summed E-state index contributed by atoms with van der Waals surface area (Å²) in [6, 6.07) is 8.71. The molecule has 140 valence electrons. The Hall–Kier alpha value is -2.10. The Bertz CT molecular complexity index is 1080. The molecule has 1 atom stereocenters. The number of ether oxygens (including phenoxy) is 1. The zero-order valence-corrected chi connectivity index (χ0v) is 16.3. The van der Waals surface area contributed by atoms with E-state index in [0.29, 0.717) is 29.0 Å². The van der Waals surface area contributed by atoms with Crippen LogP contribution in [0.2, 0.25) is 0 Å². The summed E-state index contributed by atoms with van der Waals surface area (Å²) < 4.78 is 56.1. The van der Waals surface area contributed by atoms with Crippen LogP contribution >= 0.6 is 0 Å². The summed E-state index contributed by atoms with van der Waals surface area (Å²) in [5, 5.41) is 5.17. The third-order valence-corrected chi connectivity index (χ3v) is 7.45. The van der Waals surface area contributed by atoms with Crippen molar-refractivity contribution < 1.29 is 21.6 Å². The fraction of sp³-hybridized carbons (Fsp3) is 0.294. The smallest absolute Gasteiger partial charge is 0.264 e. The number of hydrogen-bond donors (Lipinski definition) is 1. The summed E-state index contributed by atoms with van der Waals surface area (Å²) in [5.74, 6) is 0.578. The summed E-state index contributed by atoms with van der Waals surface area (Å²) in [6.07, 6.45) is 0.410. The van der Waals surface area contributed by atoms with Crippen LogP contribution in [-0.4, -0.2) is 30.0 Å². The van der Waals surface area contributed by atoms with Gasteiger partial charge in [0.1, 0.15) is 5.75 Å². The van der Waals surface area contributed by atoms with E-state index in [2.05, 4.69) is 0 Å². The maximum atomic E-state index is 13.3. The van der Waals surface area contributed by atoms with Crippen LogP contribution in [0.1, 0.15) is 18.1 Å². The van der Waals surface area contributed by atoms with Crippen molar-refractivity contribution in [1.82, 2.24) is 0 Å². The summed E-state index contributed by atoms with van der Waals surface area (Å²) in [6.45, 7) is 3.49. The molecule has 1 aliphatic rings. The highest BCUT2D eigenvalue weighted by molar-refractivity contribution is 7.93. The number of methoxy groups -OCH3 is 1. The molecular formula is C17H20N2O5S2. The van der Waals surface area contributed by atoms with Crippen molar-refractivity contribution >= 4 is 25.7 Å². The predicted molar refractivity (Wildman–Crippen MR) is 98.4 cm³/mol. The lowest BCUT2D eigenvalue weighted by molar-refractivity contribution is 0.414. The Morgan fingerprint density at radius 2 is 1.81 bits per heavy atom. The first-order valence-corrected chi connectivity index (χ1v) is 10.9. The lowest BCUT2D eigenvalue weighted by atomic mass is 10.1. The Balaban J connectivity index is 2.11. The van der Waals surface area contributed by atoms with Gasteiger partial charge in [-0.25, -0.2) is 22.0 Å². The number of benzene rings is 2. The van der Waals surface area contributed by atoms with Gasteiger partial charge in [0.05, 0.1) is 22.6 Å². The summed E-state index contributed by atoms with van der Waals surface area (Å²) in [5.41, 5.74) is 1.69. The highest BCUT2D eigenvalue weighted by Crippen LogP contribution is 2.38. The highest BCUT2D eigenvalue weighted by Gasteiger charge is 2.37. The Kier molecular flexibility index (Phi) is 4.50. The van der Waals surface area contributed by atoms with Crippen LogP contribution < -0.4 is 14.2 Å². The molecule has 2 aromatic rings. The molecule has 3 rings (SSSR count). The van der Waals surface area contributed by atoms with E-state index < -0.39 is 20.0 Å². The van der Waals surface area contributed by atoms with Gasteiger partial charge in [-0.05, 0) is 67.8 Å². The lowest BCUT2D eigenvalue weighted by Crippen LogP contribution is -2.36. The van der Waals surface area contributed by atoms with Gasteiger partial charge in [-0.3, -0.25) is 4.31 Å². The minimum absolute atomic E-state index is 0.0247. The van der Waals surface area contributed by atoms with E-state index in [1.165, 1.54) is 35.7 Å². The summed E-state index contributed by atoms with van der Waals surface area (Å²) >= 11 is 0. The zero-order valence-electron chi connectivity index (χ0n) is 14.6. The largest absolute Gasteiger partial charge is 0.497 e. The first-order chi connectivity index (χ1) is 12.1. The van der Waals surface area contributed by atoms with Crippen molar-refractivity contribution in [2.24, 2.45) is 5.14 Å². The van der Waals surface area contributed by atoms with Crippen LogP contribution in [0.3, 0.4) is 0 Å². The fourth-order valence-electron chi connectivity index (χ4n) is 3.27. The Morgan fingerprint density at radius 1 is 1.12 bits per heavy atom. The van der Waals surface area contributed by atoms with Gasteiger partial charge < -0.3 is 4.74 Å². The molecule has 0 aliphatic carbocycles. The van der Waals surface area contributed by atoms with Gasteiger partial charge in [-0.1, -0.05) is 0 Å². The van der Waals surface area contributed by atoms with Gasteiger partial charge in [-0.2, -0.15) is 0 Å². The molecule has 0 saturated carbocycles. The van der Waals surface area contributed by atoms with Crippen molar-refractivity contribution in [3.63, 3.8) is 0 Å². The number of nitrogens with zero attached hydrogens (tertiary/aromatic N) is 1. The number of anilines is 1. The molecule has 0 radical (unpaired) electrons. The molecule has 0 aromatic heterocycles. The Morgan fingerprint density at radius 3 is 2.38 bits per heavy atom. The van der Waals surface area contributed by atoms with E-state index >= 15 is 0 Å². The van der Waals surface area contributed by atoms with E-state index in [0.717, 1.165) is 0 Å². The van der Waals surface area contributed by atoms with Crippen molar-refractivity contribution in [2.45, 2.75) is 36.1 Å². The molecule has 2 N–H and O–H groups in total. The summed E-state index contributed by atoms with van der Waals surface area (Å²) in [4.78, 5) is 0.164. The van der Waals surface area contributed by atoms with E-state index in [4.69, 9.17) is 9.88 Å². The molecule has 9 heteroatoms. The van der Waals surface area contributed by atoms with E-state index in [1.54, 1.807) is 26.0 Å². The van der Waals surface area contributed by atoms with Crippen molar-refractivity contribution in [1.29, 1.82) is 0 Å². The third kappa shape index (κ3) is 3.06.